The maximum Gasteiger partial charge on any atom is 0.105 e. The second-order valence-corrected chi connectivity index (χ2v) is 5.29. The van der Waals surface area contributed by atoms with E-state index >= 15 is 0 Å². The van der Waals surface area contributed by atoms with Crippen LogP contribution in [0, 0.1) is 6.92 Å². The van der Waals surface area contributed by atoms with Crippen molar-refractivity contribution in [2.75, 3.05) is 12.8 Å². The van der Waals surface area contributed by atoms with E-state index in [9.17, 15) is 0 Å². The number of anilines is 1. The number of halogens is 1. The predicted molar refractivity (Wildman–Crippen MR) is 77.2 cm³/mol. The summed E-state index contributed by atoms with van der Waals surface area (Å²) in [6.07, 6.45) is 1.73. The molecule has 0 unspecified atom stereocenters. The molecule has 0 fully saturated rings. The molecule has 1 aromatic carbocycles. The lowest BCUT2D eigenvalue weighted by Gasteiger charge is -2.17. The Bertz CT molecular complexity index is 536. The first kappa shape index (κ1) is 13.2. The van der Waals surface area contributed by atoms with Gasteiger partial charge in [-0.25, -0.2) is 0 Å². The van der Waals surface area contributed by atoms with Gasteiger partial charge in [0, 0.05) is 28.8 Å². The second kappa shape index (κ2) is 5.59. The first-order valence-corrected chi connectivity index (χ1v) is 6.61. The molecule has 3 nitrogen and oxygen atoms in total. The highest BCUT2D eigenvalue weighted by Gasteiger charge is 2.09. The Hall–Kier alpha value is -1.26. The van der Waals surface area contributed by atoms with Gasteiger partial charge in [0.1, 0.15) is 5.76 Å². The highest BCUT2D eigenvalue weighted by Crippen LogP contribution is 2.25. The molecule has 0 bridgehead atoms. The van der Waals surface area contributed by atoms with E-state index in [0.29, 0.717) is 0 Å². The average Bonchev–Trinajstić information content (AvgIpc) is 2.71. The summed E-state index contributed by atoms with van der Waals surface area (Å²) < 4.78 is 6.29. The fourth-order valence-electron chi connectivity index (χ4n) is 1.93. The molecule has 2 aromatic rings. The SMILES string of the molecule is Cc1occc1CN(C)Cc1cccc(N)c1Br. The van der Waals surface area contributed by atoms with Crippen LogP contribution in [0.5, 0.6) is 0 Å². The second-order valence-electron chi connectivity index (χ2n) is 4.49. The topological polar surface area (TPSA) is 42.4 Å². The minimum atomic E-state index is 0.778. The van der Waals surface area contributed by atoms with E-state index < -0.39 is 0 Å². The first-order chi connectivity index (χ1) is 8.58. The molecular weight excluding hydrogens is 292 g/mol. The Balaban J connectivity index is 2.05. The average molecular weight is 309 g/mol. The van der Waals surface area contributed by atoms with Crippen LogP contribution in [0.15, 0.2) is 39.4 Å². The Morgan fingerprint density at radius 3 is 2.61 bits per heavy atom. The van der Waals surface area contributed by atoms with E-state index in [4.69, 9.17) is 10.2 Å². The van der Waals surface area contributed by atoms with Crippen molar-refractivity contribution in [1.29, 1.82) is 0 Å². The summed E-state index contributed by atoms with van der Waals surface area (Å²) >= 11 is 3.53. The van der Waals surface area contributed by atoms with Crippen molar-refractivity contribution in [3.63, 3.8) is 0 Å². The van der Waals surface area contributed by atoms with Crippen LogP contribution in [0.2, 0.25) is 0 Å². The Morgan fingerprint density at radius 1 is 1.22 bits per heavy atom. The number of nitrogens with zero attached hydrogens (tertiary/aromatic N) is 1. The summed E-state index contributed by atoms with van der Waals surface area (Å²) in [5, 5.41) is 0. The van der Waals surface area contributed by atoms with Crippen molar-refractivity contribution >= 4 is 21.6 Å². The van der Waals surface area contributed by atoms with Crippen molar-refractivity contribution in [3.8, 4) is 0 Å². The minimum Gasteiger partial charge on any atom is -0.469 e. The van der Waals surface area contributed by atoms with Gasteiger partial charge in [-0.1, -0.05) is 12.1 Å². The maximum absolute atomic E-state index is 5.88. The Morgan fingerprint density at radius 2 is 1.94 bits per heavy atom. The number of aryl methyl sites for hydroxylation is 1. The molecule has 4 heteroatoms. The van der Waals surface area contributed by atoms with Crippen LogP contribution in [-0.4, -0.2) is 11.9 Å². The van der Waals surface area contributed by atoms with E-state index in [0.717, 1.165) is 29.0 Å². The van der Waals surface area contributed by atoms with E-state index in [2.05, 4.69) is 33.9 Å². The normalized spacial score (nSPS) is 11.1. The lowest BCUT2D eigenvalue weighted by molar-refractivity contribution is 0.316. The van der Waals surface area contributed by atoms with Gasteiger partial charge in [0.15, 0.2) is 0 Å². The number of hydrogen-bond donors (Lipinski definition) is 1. The molecule has 0 spiro atoms. The van der Waals surface area contributed by atoms with Crippen molar-refractivity contribution in [2.24, 2.45) is 0 Å². The van der Waals surface area contributed by atoms with Gasteiger partial charge < -0.3 is 10.2 Å². The number of furan rings is 1. The molecule has 2 rings (SSSR count). The molecule has 1 aromatic heterocycles. The van der Waals surface area contributed by atoms with Crippen LogP contribution in [0.25, 0.3) is 0 Å². The van der Waals surface area contributed by atoms with Gasteiger partial charge in [0.25, 0.3) is 0 Å². The molecule has 18 heavy (non-hydrogen) atoms. The van der Waals surface area contributed by atoms with Crippen LogP contribution in [0.3, 0.4) is 0 Å². The van der Waals surface area contributed by atoms with Gasteiger partial charge >= 0.3 is 0 Å². The molecule has 1 heterocycles. The molecule has 0 atom stereocenters. The molecule has 96 valence electrons. The third kappa shape index (κ3) is 2.94. The van der Waals surface area contributed by atoms with E-state index in [-0.39, 0.29) is 0 Å². The van der Waals surface area contributed by atoms with Crippen molar-refractivity contribution in [2.45, 2.75) is 20.0 Å². The summed E-state index contributed by atoms with van der Waals surface area (Å²) in [5.74, 6) is 0.980. The van der Waals surface area contributed by atoms with Gasteiger partial charge in [-0.05, 0) is 47.6 Å². The standard InChI is InChI=1S/C14H17BrN2O/c1-10-11(6-7-18-10)8-17(2)9-12-4-3-5-13(16)14(12)15/h3-7H,8-9,16H2,1-2H3. The highest BCUT2D eigenvalue weighted by molar-refractivity contribution is 9.10. The van der Waals surface area contributed by atoms with Gasteiger partial charge in [-0.2, -0.15) is 0 Å². The maximum atomic E-state index is 5.88. The number of benzene rings is 1. The van der Waals surface area contributed by atoms with Gasteiger partial charge in [-0.3, -0.25) is 4.90 Å². The summed E-state index contributed by atoms with van der Waals surface area (Å²) in [7, 11) is 2.09. The zero-order chi connectivity index (χ0) is 13.1. The van der Waals surface area contributed by atoms with Gasteiger partial charge in [-0.15, -0.1) is 0 Å². The Labute approximate surface area is 116 Å². The molecule has 0 amide bonds. The molecule has 0 aliphatic heterocycles. The molecule has 0 saturated heterocycles. The summed E-state index contributed by atoms with van der Waals surface area (Å²) in [5.41, 5.74) is 9.07. The molecule has 0 aliphatic carbocycles. The van der Waals surface area contributed by atoms with E-state index in [1.165, 1.54) is 11.1 Å². The van der Waals surface area contributed by atoms with Crippen LogP contribution in [0.4, 0.5) is 5.69 Å². The molecule has 0 aliphatic rings. The summed E-state index contributed by atoms with van der Waals surface area (Å²) in [6, 6.07) is 7.97. The van der Waals surface area contributed by atoms with Crippen LogP contribution >= 0.6 is 15.9 Å². The van der Waals surface area contributed by atoms with Crippen LogP contribution < -0.4 is 5.73 Å². The number of hydrogen-bond acceptors (Lipinski definition) is 3. The van der Waals surface area contributed by atoms with Gasteiger partial charge in [0.05, 0.1) is 6.26 Å². The number of nitrogens with two attached hydrogens (primary N) is 1. The molecular formula is C14H17BrN2O. The van der Waals surface area contributed by atoms with Crippen molar-refractivity contribution in [3.05, 3.63) is 51.9 Å². The number of nitrogen functional groups attached to an aromatic ring is 1. The summed E-state index contributed by atoms with van der Waals surface area (Å²) in [6.45, 7) is 3.69. The largest absolute Gasteiger partial charge is 0.469 e. The predicted octanol–water partition coefficient (Wildman–Crippen LogP) is 3.56. The third-order valence-corrected chi connectivity index (χ3v) is 3.92. The zero-order valence-corrected chi connectivity index (χ0v) is 12.2. The summed E-state index contributed by atoms with van der Waals surface area (Å²) in [4.78, 5) is 2.23. The smallest absolute Gasteiger partial charge is 0.105 e. The fraction of sp³-hybridized carbons (Fsp3) is 0.286. The third-order valence-electron chi connectivity index (χ3n) is 2.96. The van der Waals surface area contributed by atoms with Crippen LogP contribution in [-0.2, 0) is 13.1 Å². The highest BCUT2D eigenvalue weighted by atomic mass is 79.9. The fourth-order valence-corrected chi connectivity index (χ4v) is 2.32. The Kier molecular flexibility index (Phi) is 4.09. The monoisotopic (exact) mass is 308 g/mol. The minimum absolute atomic E-state index is 0.778. The lowest BCUT2D eigenvalue weighted by atomic mass is 10.2. The lowest BCUT2D eigenvalue weighted by Crippen LogP contribution is -2.17. The molecule has 2 N–H and O–H groups in total. The first-order valence-electron chi connectivity index (χ1n) is 5.82. The molecule has 0 radical (unpaired) electrons. The van der Waals surface area contributed by atoms with E-state index in [1.807, 2.05) is 25.1 Å². The van der Waals surface area contributed by atoms with Gasteiger partial charge in [0.2, 0.25) is 0 Å². The molecule has 0 saturated carbocycles. The number of rotatable bonds is 4. The van der Waals surface area contributed by atoms with Crippen molar-refractivity contribution in [1.82, 2.24) is 4.90 Å². The zero-order valence-electron chi connectivity index (χ0n) is 10.6. The van der Waals surface area contributed by atoms with E-state index in [1.54, 1.807) is 6.26 Å². The quantitative estimate of drug-likeness (QED) is 0.878. The van der Waals surface area contributed by atoms with Crippen LogP contribution in [0.1, 0.15) is 16.9 Å². The van der Waals surface area contributed by atoms with Crippen molar-refractivity contribution < 1.29 is 4.42 Å².